The summed E-state index contributed by atoms with van der Waals surface area (Å²) >= 11 is 0. The van der Waals surface area contributed by atoms with Gasteiger partial charge in [-0.25, -0.2) is 0 Å². The molecule has 0 bridgehead atoms. The molecule has 2 aromatic heterocycles. The number of ether oxygens (including phenoxy) is 1. The lowest BCUT2D eigenvalue weighted by Crippen LogP contribution is -2.45. The van der Waals surface area contributed by atoms with Crippen molar-refractivity contribution in [1.29, 1.82) is 0 Å². The number of hydrogen-bond acceptors (Lipinski definition) is 4. The predicted octanol–water partition coefficient (Wildman–Crippen LogP) is 4.24. The SMILES string of the molecule is COc1ccc(-n2c(C)cc(C(=O)N(C)C3CCN(c4ccncc4)CC3)c2C)cc1. The van der Waals surface area contributed by atoms with Gasteiger partial charge in [-0.05, 0) is 69.2 Å². The molecule has 0 saturated carbocycles. The minimum Gasteiger partial charge on any atom is -0.497 e. The summed E-state index contributed by atoms with van der Waals surface area (Å²) in [6.07, 6.45) is 5.58. The number of hydrogen-bond donors (Lipinski definition) is 0. The number of amides is 1. The molecule has 3 heterocycles. The van der Waals surface area contributed by atoms with E-state index in [1.165, 1.54) is 5.69 Å². The first-order chi connectivity index (χ1) is 15.0. The molecule has 0 aliphatic carbocycles. The number of benzene rings is 1. The van der Waals surface area contributed by atoms with Crippen molar-refractivity contribution in [2.75, 3.05) is 32.1 Å². The third-order valence-corrected chi connectivity index (χ3v) is 6.35. The maximum absolute atomic E-state index is 13.4. The average Bonchev–Trinajstić information content (AvgIpc) is 3.12. The summed E-state index contributed by atoms with van der Waals surface area (Å²) in [6, 6.07) is 14.3. The fourth-order valence-electron chi connectivity index (χ4n) is 4.53. The quantitative estimate of drug-likeness (QED) is 0.622. The monoisotopic (exact) mass is 418 g/mol. The highest BCUT2D eigenvalue weighted by Gasteiger charge is 2.28. The highest BCUT2D eigenvalue weighted by atomic mass is 16.5. The van der Waals surface area contributed by atoms with Gasteiger partial charge in [0.2, 0.25) is 0 Å². The number of nitrogens with zero attached hydrogens (tertiary/aromatic N) is 4. The van der Waals surface area contributed by atoms with E-state index in [-0.39, 0.29) is 11.9 Å². The number of aryl methyl sites for hydroxylation is 1. The molecule has 6 heteroatoms. The largest absolute Gasteiger partial charge is 0.497 e. The average molecular weight is 419 g/mol. The van der Waals surface area contributed by atoms with Gasteiger partial charge >= 0.3 is 0 Å². The third-order valence-electron chi connectivity index (χ3n) is 6.35. The molecule has 31 heavy (non-hydrogen) atoms. The Morgan fingerprint density at radius 2 is 1.68 bits per heavy atom. The van der Waals surface area contributed by atoms with E-state index in [9.17, 15) is 4.79 Å². The minimum atomic E-state index is 0.0928. The van der Waals surface area contributed by atoms with Gasteiger partial charge in [0, 0.05) is 61.3 Å². The summed E-state index contributed by atoms with van der Waals surface area (Å²) in [7, 11) is 3.60. The van der Waals surface area contributed by atoms with Crippen LogP contribution < -0.4 is 9.64 Å². The van der Waals surface area contributed by atoms with E-state index < -0.39 is 0 Å². The van der Waals surface area contributed by atoms with Crippen LogP contribution in [0.3, 0.4) is 0 Å². The molecular formula is C25H30N4O2. The molecule has 0 unspecified atom stereocenters. The van der Waals surface area contributed by atoms with E-state index in [2.05, 4.69) is 14.5 Å². The van der Waals surface area contributed by atoms with Crippen LogP contribution in [0.25, 0.3) is 5.69 Å². The van der Waals surface area contributed by atoms with Gasteiger partial charge in [-0.3, -0.25) is 9.78 Å². The van der Waals surface area contributed by atoms with E-state index in [1.54, 1.807) is 7.11 Å². The van der Waals surface area contributed by atoms with Crippen molar-refractivity contribution in [1.82, 2.24) is 14.5 Å². The second-order valence-corrected chi connectivity index (χ2v) is 8.16. The summed E-state index contributed by atoms with van der Waals surface area (Å²) in [4.78, 5) is 21.8. The van der Waals surface area contributed by atoms with E-state index >= 15 is 0 Å². The Morgan fingerprint density at radius 1 is 1.03 bits per heavy atom. The van der Waals surface area contributed by atoms with Gasteiger partial charge < -0.3 is 19.1 Å². The summed E-state index contributed by atoms with van der Waals surface area (Å²) < 4.78 is 7.40. The highest BCUT2D eigenvalue weighted by molar-refractivity contribution is 5.96. The van der Waals surface area contributed by atoms with Crippen molar-refractivity contribution in [3.8, 4) is 11.4 Å². The second-order valence-electron chi connectivity index (χ2n) is 8.16. The van der Waals surface area contributed by atoms with Crippen LogP contribution >= 0.6 is 0 Å². The maximum atomic E-state index is 13.4. The van der Waals surface area contributed by atoms with Gasteiger partial charge in [-0.1, -0.05) is 0 Å². The smallest absolute Gasteiger partial charge is 0.255 e. The number of aromatic nitrogens is 2. The summed E-state index contributed by atoms with van der Waals surface area (Å²) in [5, 5.41) is 0. The molecule has 4 rings (SSSR count). The number of anilines is 1. The minimum absolute atomic E-state index is 0.0928. The zero-order valence-corrected chi connectivity index (χ0v) is 18.7. The highest BCUT2D eigenvalue weighted by Crippen LogP contribution is 2.26. The Bertz CT molecular complexity index is 1040. The van der Waals surface area contributed by atoms with Crippen LogP contribution in [-0.4, -0.2) is 53.6 Å². The number of rotatable bonds is 5. The Morgan fingerprint density at radius 3 is 2.29 bits per heavy atom. The standard InChI is InChI=1S/C25H30N4O2/c1-18-17-24(19(2)29(18)22-5-7-23(31-4)8-6-22)25(30)27(3)20-11-15-28(16-12-20)21-9-13-26-14-10-21/h5-10,13-14,17,20H,11-12,15-16H2,1-4H3. The van der Waals surface area contributed by atoms with E-state index in [0.717, 1.165) is 54.3 Å². The van der Waals surface area contributed by atoms with Crippen LogP contribution in [0.15, 0.2) is 54.9 Å². The molecular weight excluding hydrogens is 388 g/mol. The number of piperidine rings is 1. The third kappa shape index (κ3) is 4.15. The molecule has 3 aromatic rings. The molecule has 1 aliphatic heterocycles. The first-order valence-electron chi connectivity index (χ1n) is 10.7. The summed E-state index contributed by atoms with van der Waals surface area (Å²) in [5.74, 6) is 0.913. The van der Waals surface area contributed by atoms with Crippen molar-refractivity contribution in [3.63, 3.8) is 0 Å². The van der Waals surface area contributed by atoms with Crippen molar-refractivity contribution >= 4 is 11.6 Å². The first-order valence-corrected chi connectivity index (χ1v) is 10.7. The fraction of sp³-hybridized carbons (Fsp3) is 0.360. The van der Waals surface area contributed by atoms with Crippen molar-refractivity contribution in [2.45, 2.75) is 32.7 Å². The first kappa shape index (κ1) is 21.0. The van der Waals surface area contributed by atoms with Crippen LogP contribution in [0.2, 0.25) is 0 Å². The normalized spacial score (nSPS) is 14.5. The maximum Gasteiger partial charge on any atom is 0.255 e. The van der Waals surface area contributed by atoms with Gasteiger partial charge in [0.05, 0.1) is 12.7 Å². The number of pyridine rings is 1. The molecule has 162 valence electrons. The fourth-order valence-corrected chi connectivity index (χ4v) is 4.53. The molecule has 1 amide bonds. The van der Waals surface area contributed by atoms with Crippen LogP contribution in [0.1, 0.15) is 34.6 Å². The lowest BCUT2D eigenvalue weighted by atomic mass is 10.0. The summed E-state index contributed by atoms with van der Waals surface area (Å²) in [6.45, 7) is 5.94. The molecule has 0 radical (unpaired) electrons. The Labute approximate surface area is 184 Å². The summed E-state index contributed by atoms with van der Waals surface area (Å²) in [5.41, 5.74) is 5.02. The van der Waals surface area contributed by atoms with Crippen LogP contribution in [0.5, 0.6) is 5.75 Å². The van der Waals surface area contributed by atoms with E-state index in [1.807, 2.05) is 80.7 Å². The predicted molar refractivity (Wildman–Crippen MR) is 123 cm³/mol. The molecule has 6 nitrogen and oxygen atoms in total. The number of methoxy groups -OCH3 is 1. The van der Waals surface area contributed by atoms with Crippen LogP contribution in [0, 0.1) is 13.8 Å². The van der Waals surface area contributed by atoms with Gasteiger partial charge in [0.15, 0.2) is 0 Å². The van der Waals surface area contributed by atoms with Gasteiger partial charge in [0.1, 0.15) is 5.75 Å². The molecule has 1 aromatic carbocycles. The van der Waals surface area contributed by atoms with Crippen molar-refractivity contribution in [2.24, 2.45) is 0 Å². The number of carbonyl (C=O) groups is 1. The van der Waals surface area contributed by atoms with Gasteiger partial charge in [-0.2, -0.15) is 0 Å². The molecule has 1 aliphatic rings. The topological polar surface area (TPSA) is 50.6 Å². The Kier molecular flexibility index (Phi) is 5.98. The molecule has 0 spiro atoms. The Hall–Kier alpha value is -3.28. The van der Waals surface area contributed by atoms with E-state index in [0.29, 0.717) is 0 Å². The van der Waals surface area contributed by atoms with Crippen LogP contribution in [0.4, 0.5) is 5.69 Å². The van der Waals surface area contributed by atoms with Crippen LogP contribution in [-0.2, 0) is 0 Å². The Balaban J connectivity index is 1.48. The molecule has 1 saturated heterocycles. The van der Waals surface area contributed by atoms with Gasteiger partial charge in [0.25, 0.3) is 5.91 Å². The van der Waals surface area contributed by atoms with Gasteiger partial charge in [-0.15, -0.1) is 0 Å². The van der Waals surface area contributed by atoms with E-state index in [4.69, 9.17) is 4.74 Å². The lowest BCUT2D eigenvalue weighted by Gasteiger charge is -2.37. The molecule has 0 N–H and O–H groups in total. The number of carbonyl (C=O) groups excluding carboxylic acids is 1. The zero-order valence-electron chi connectivity index (χ0n) is 18.7. The van der Waals surface area contributed by atoms with Crippen molar-refractivity contribution < 1.29 is 9.53 Å². The lowest BCUT2D eigenvalue weighted by molar-refractivity contribution is 0.0708. The molecule has 0 atom stereocenters. The van der Waals surface area contributed by atoms with Crippen molar-refractivity contribution in [3.05, 3.63) is 71.8 Å². The zero-order chi connectivity index (χ0) is 22.0. The molecule has 1 fully saturated rings. The second kappa shape index (κ2) is 8.84.